The van der Waals surface area contributed by atoms with Gasteiger partial charge in [0, 0.05) is 11.1 Å². The summed E-state index contributed by atoms with van der Waals surface area (Å²) in [5.74, 6) is 0. The molecule has 1 aromatic rings. The summed E-state index contributed by atoms with van der Waals surface area (Å²) in [6, 6.07) is 3.54. The van der Waals surface area contributed by atoms with E-state index in [-0.39, 0.29) is 10.7 Å². The predicted octanol–water partition coefficient (Wildman–Crippen LogP) is 2.19. The van der Waals surface area contributed by atoms with Crippen molar-refractivity contribution in [2.24, 2.45) is 0 Å². The topological polar surface area (TPSA) is 89.3 Å². The number of anilines is 1. The lowest BCUT2D eigenvalue weighted by molar-refractivity contribution is -0.383. The number of halogens is 2. The molecule has 1 rings (SSSR count). The molecule has 0 aliphatic carbocycles. The largest absolute Gasteiger partial charge is 0.293 e. The first kappa shape index (κ1) is 13.0. The lowest BCUT2D eigenvalue weighted by Crippen LogP contribution is -2.14. The molecule has 6 nitrogen and oxygen atoms in total. The highest BCUT2D eigenvalue weighted by Gasteiger charge is 2.18. The number of nitro groups is 1. The summed E-state index contributed by atoms with van der Waals surface area (Å²) in [5.41, 5.74) is -0.601. The molecule has 1 aromatic carbocycles. The standard InChI is InChI=1S/C7H6Cl2N2O4S/c8-4-16(14,15)10-6-3-5(9)1-2-7(6)11(12)13/h1-3,10H,4H2. The Morgan fingerprint density at radius 1 is 1.44 bits per heavy atom. The molecule has 0 unspecified atom stereocenters. The van der Waals surface area contributed by atoms with E-state index in [2.05, 4.69) is 0 Å². The molecule has 0 bridgehead atoms. The van der Waals surface area contributed by atoms with Crippen molar-refractivity contribution in [2.75, 3.05) is 9.93 Å². The fourth-order valence-electron chi connectivity index (χ4n) is 0.944. The van der Waals surface area contributed by atoms with Crippen LogP contribution in [0.15, 0.2) is 18.2 Å². The SMILES string of the molecule is O=[N+]([O-])c1ccc(Cl)cc1NS(=O)(=O)CCl. The number of alkyl halides is 1. The van der Waals surface area contributed by atoms with E-state index in [1.54, 1.807) is 0 Å². The van der Waals surface area contributed by atoms with Crippen LogP contribution in [0.1, 0.15) is 0 Å². The Morgan fingerprint density at radius 3 is 2.56 bits per heavy atom. The molecular weight excluding hydrogens is 279 g/mol. The molecule has 9 heteroatoms. The van der Waals surface area contributed by atoms with Crippen LogP contribution in [-0.4, -0.2) is 18.6 Å². The molecule has 0 amide bonds. The normalized spacial score (nSPS) is 11.1. The van der Waals surface area contributed by atoms with Crippen molar-refractivity contribution in [2.45, 2.75) is 0 Å². The average molecular weight is 285 g/mol. The molecule has 0 fully saturated rings. The fraction of sp³-hybridized carbons (Fsp3) is 0.143. The van der Waals surface area contributed by atoms with Crippen LogP contribution in [0.3, 0.4) is 0 Å². The highest BCUT2D eigenvalue weighted by molar-refractivity contribution is 7.93. The summed E-state index contributed by atoms with van der Waals surface area (Å²) in [7, 11) is -3.79. The molecule has 16 heavy (non-hydrogen) atoms. The zero-order valence-corrected chi connectivity index (χ0v) is 10.0. The van der Waals surface area contributed by atoms with Gasteiger partial charge in [-0.05, 0) is 12.1 Å². The van der Waals surface area contributed by atoms with Gasteiger partial charge in [-0.3, -0.25) is 14.8 Å². The average Bonchev–Trinajstić information content (AvgIpc) is 2.16. The van der Waals surface area contributed by atoms with Crippen molar-refractivity contribution in [1.82, 2.24) is 0 Å². The lowest BCUT2D eigenvalue weighted by atomic mass is 10.3. The summed E-state index contributed by atoms with van der Waals surface area (Å²) in [6.07, 6.45) is 0. The lowest BCUT2D eigenvalue weighted by Gasteiger charge is -2.05. The van der Waals surface area contributed by atoms with Crippen molar-refractivity contribution in [3.05, 3.63) is 33.3 Å². The zero-order valence-electron chi connectivity index (χ0n) is 7.68. The van der Waals surface area contributed by atoms with Gasteiger partial charge in [-0.2, -0.15) is 0 Å². The van der Waals surface area contributed by atoms with Crippen LogP contribution >= 0.6 is 23.2 Å². The number of hydrogen-bond donors (Lipinski definition) is 1. The minimum atomic E-state index is -3.79. The molecule has 0 saturated carbocycles. The maximum Gasteiger partial charge on any atom is 0.293 e. The molecule has 1 N–H and O–H groups in total. The highest BCUT2D eigenvalue weighted by Crippen LogP contribution is 2.28. The maximum atomic E-state index is 11.1. The molecule has 0 aliphatic heterocycles. The smallest absolute Gasteiger partial charge is 0.276 e. The minimum Gasteiger partial charge on any atom is -0.276 e. The van der Waals surface area contributed by atoms with E-state index in [0.29, 0.717) is 0 Å². The van der Waals surface area contributed by atoms with Gasteiger partial charge in [0.2, 0.25) is 10.0 Å². The second-order valence-corrected chi connectivity index (χ2v) is 5.49. The zero-order chi connectivity index (χ0) is 12.3. The van der Waals surface area contributed by atoms with Crippen molar-refractivity contribution in [3.8, 4) is 0 Å². The number of nitro benzene ring substituents is 1. The Bertz CT molecular complexity index is 517. The monoisotopic (exact) mass is 284 g/mol. The van der Waals surface area contributed by atoms with E-state index in [4.69, 9.17) is 23.2 Å². The summed E-state index contributed by atoms with van der Waals surface area (Å²) in [4.78, 5) is 9.88. The minimum absolute atomic E-state index is 0.179. The Hall–Kier alpha value is -1.05. The van der Waals surface area contributed by atoms with Crippen LogP contribution < -0.4 is 4.72 Å². The molecule has 0 heterocycles. The van der Waals surface area contributed by atoms with Crippen molar-refractivity contribution < 1.29 is 13.3 Å². The first-order chi connectivity index (χ1) is 7.35. The predicted molar refractivity (Wildman–Crippen MR) is 61.4 cm³/mol. The highest BCUT2D eigenvalue weighted by atomic mass is 35.5. The van der Waals surface area contributed by atoms with E-state index >= 15 is 0 Å². The van der Waals surface area contributed by atoms with Gasteiger partial charge < -0.3 is 0 Å². The fourth-order valence-corrected chi connectivity index (χ4v) is 1.83. The van der Waals surface area contributed by atoms with Crippen LogP contribution in [0.2, 0.25) is 5.02 Å². The van der Waals surface area contributed by atoms with Gasteiger partial charge in [0.25, 0.3) is 5.69 Å². The number of nitrogens with one attached hydrogen (secondary N) is 1. The Morgan fingerprint density at radius 2 is 2.06 bits per heavy atom. The number of benzene rings is 1. The van der Waals surface area contributed by atoms with E-state index in [1.807, 2.05) is 4.72 Å². The van der Waals surface area contributed by atoms with Gasteiger partial charge in [0.1, 0.15) is 10.9 Å². The second-order valence-electron chi connectivity index (χ2n) is 2.74. The van der Waals surface area contributed by atoms with Crippen LogP contribution in [0.4, 0.5) is 11.4 Å². The Balaban J connectivity index is 3.21. The molecule has 0 spiro atoms. The molecule has 0 radical (unpaired) electrons. The maximum absolute atomic E-state index is 11.1. The number of hydrogen-bond acceptors (Lipinski definition) is 4. The first-order valence-electron chi connectivity index (χ1n) is 3.86. The van der Waals surface area contributed by atoms with Gasteiger partial charge >= 0.3 is 0 Å². The van der Waals surface area contributed by atoms with Crippen molar-refractivity contribution in [1.29, 1.82) is 0 Å². The van der Waals surface area contributed by atoms with Crippen LogP contribution in [0, 0.1) is 10.1 Å². The number of nitrogens with zero attached hydrogens (tertiary/aromatic N) is 1. The third kappa shape index (κ3) is 3.22. The van der Waals surface area contributed by atoms with Gasteiger partial charge in [-0.15, -0.1) is 11.6 Å². The van der Waals surface area contributed by atoms with Crippen LogP contribution in [0.5, 0.6) is 0 Å². The van der Waals surface area contributed by atoms with E-state index < -0.39 is 25.8 Å². The third-order valence-electron chi connectivity index (χ3n) is 1.56. The van der Waals surface area contributed by atoms with Gasteiger partial charge in [0.15, 0.2) is 0 Å². The van der Waals surface area contributed by atoms with Gasteiger partial charge in [-0.1, -0.05) is 11.6 Å². The summed E-state index contributed by atoms with van der Waals surface area (Å²) < 4.78 is 24.3. The molecule has 0 saturated heterocycles. The second kappa shape index (κ2) is 4.86. The number of rotatable bonds is 4. The number of sulfonamides is 1. The van der Waals surface area contributed by atoms with Crippen LogP contribution in [0.25, 0.3) is 0 Å². The Labute approximate surface area is 101 Å². The van der Waals surface area contributed by atoms with E-state index in [1.165, 1.54) is 6.07 Å². The summed E-state index contributed by atoms with van der Waals surface area (Å²) in [5, 5.41) is 10.1. The molecule has 0 aromatic heterocycles. The van der Waals surface area contributed by atoms with Crippen molar-refractivity contribution >= 4 is 44.6 Å². The van der Waals surface area contributed by atoms with E-state index in [9.17, 15) is 18.5 Å². The Kier molecular flexibility index (Phi) is 3.95. The molecule has 0 atom stereocenters. The van der Waals surface area contributed by atoms with Gasteiger partial charge in [0.05, 0.1) is 4.92 Å². The van der Waals surface area contributed by atoms with Gasteiger partial charge in [-0.25, -0.2) is 8.42 Å². The molecule has 0 aliphatic rings. The first-order valence-corrected chi connectivity index (χ1v) is 6.42. The quantitative estimate of drug-likeness (QED) is 0.521. The third-order valence-corrected chi connectivity index (χ3v) is 3.48. The molecular formula is C7H6Cl2N2O4S. The summed E-state index contributed by atoms with van der Waals surface area (Å²) in [6.45, 7) is 0. The molecule has 88 valence electrons. The summed E-state index contributed by atoms with van der Waals surface area (Å²) >= 11 is 10.8. The van der Waals surface area contributed by atoms with E-state index in [0.717, 1.165) is 12.1 Å². The van der Waals surface area contributed by atoms with Crippen LogP contribution in [-0.2, 0) is 10.0 Å². The van der Waals surface area contributed by atoms with Crippen molar-refractivity contribution in [3.63, 3.8) is 0 Å².